The summed E-state index contributed by atoms with van der Waals surface area (Å²) in [5, 5.41) is 4.71. The van der Waals surface area contributed by atoms with Crippen molar-refractivity contribution in [3.63, 3.8) is 0 Å². The van der Waals surface area contributed by atoms with E-state index in [9.17, 15) is 9.59 Å². The lowest BCUT2D eigenvalue weighted by atomic mass is 9.51. The first-order chi connectivity index (χ1) is 24.4. The number of anilines is 1. The Kier molecular flexibility index (Phi) is 9.70. The Hall–Kier alpha value is -3.88. The number of methoxy groups -OCH3 is 1. The Labute approximate surface area is 304 Å². The van der Waals surface area contributed by atoms with Crippen LogP contribution < -0.4 is 9.64 Å². The fourth-order valence-corrected chi connectivity index (χ4v) is 9.17. The number of ether oxygens (including phenoxy) is 2. The summed E-state index contributed by atoms with van der Waals surface area (Å²) in [6.45, 7) is 13.1. The van der Waals surface area contributed by atoms with Crippen molar-refractivity contribution in [2.24, 2.45) is 17.3 Å². The van der Waals surface area contributed by atoms with Crippen LogP contribution in [0.1, 0.15) is 109 Å². The molecule has 51 heavy (non-hydrogen) atoms. The van der Waals surface area contributed by atoms with E-state index in [0.717, 1.165) is 93.6 Å². The highest BCUT2D eigenvalue weighted by molar-refractivity contribution is 5.95. The molecule has 8 rings (SSSR count). The quantitative estimate of drug-likeness (QED) is 0.211. The lowest BCUT2D eigenvalue weighted by Gasteiger charge is -2.55. The molecule has 2 aromatic heterocycles. The lowest BCUT2D eigenvalue weighted by Crippen LogP contribution is -2.52. The second-order valence-corrected chi connectivity index (χ2v) is 17.0. The molecule has 1 aromatic carbocycles. The molecule has 5 fully saturated rings. The molecule has 1 saturated heterocycles. The highest BCUT2D eigenvalue weighted by Crippen LogP contribution is 2.58. The summed E-state index contributed by atoms with van der Waals surface area (Å²) in [5.41, 5.74) is 4.85. The molecule has 3 heterocycles. The van der Waals surface area contributed by atoms with Gasteiger partial charge in [-0.05, 0) is 143 Å². The molecule has 0 unspecified atom stereocenters. The highest BCUT2D eigenvalue weighted by atomic mass is 16.6. The van der Waals surface area contributed by atoms with Crippen molar-refractivity contribution >= 4 is 17.8 Å². The first kappa shape index (κ1) is 35.5. The fourth-order valence-electron chi connectivity index (χ4n) is 9.17. The van der Waals surface area contributed by atoms with Crippen molar-refractivity contribution in [3.05, 3.63) is 60.0 Å². The molecular formula is C42H57N5O4. The van der Waals surface area contributed by atoms with Crippen LogP contribution in [-0.2, 0) is 20.5 Å². The molecule has 0 radical (unpaired) electrons. The van der Waals surface area contributed by atoms with Crippen LogP contribution in [0, 0.1) is 24.2 Å². The smallest absolute Gasteiger partial charge is 0.410 e. The van der Waals surface area contributed by atoms with E-state index in [1.54, 1.807) is 12.0 Å². The molecule has 1 aliphatic heterocycles. The van der Waals surface area contributed by atoms with Crippen LogP contribution in [0.4, 0.5) is 10.6 Å². The summed E-state index contributed by atoms with van der Waals surface area (Å²) in [4.78, 5) is 36.0. The number of fused-ring (bicyclic) bond motifs is 3. The zero-order valence-electron chi connectivity index (χ0n) is 31.6. The summed E-state index contributed by atoms with van der Waals surface area (Å²) >= 11 is 0. The third kappa shape index (κ3) is 7.02. The summed E-state index contributed by atoms with van der Waals surface area (Å²) in [6.07, 6.45) is 16.1. The van der Waals surface area contributed by atoms with Crippen LogP contribution in [0.3, 0.4) is 0 Å². The maximum atomic E-state index is 14.7. The van der Waals surface area contributed by atoms with Crippen molar-refractivity contribution in [1.82, 2.24) is 19.7 Å². The molecule has 5 aliphatic rings. The molecule has 4 aliphatic carbocycles. The second-order valence-electron chi connectivity index (χ2n) is 17.0. The van der Waals surface area contributed by atoms with Gasteiger partial charge < -0.3 is 14.4 Å². The molecule has 2 bridgehead atoms. The average Bonchev–Trinajstić information content (AvgIpc) is 3.65. The SMILES string of the molecule is CCC(C)(C)n1cc(-c2ccnc(N(CC34CCC(c5ccc(OC)c(C)c5)(CC3)CC4)C(=O)C3CCC(OC(=O)N4CC(C)C4)CC3)c2)cn1. The Morgan fingerprint density at radius 2 is 1.69 bits per heavy atom. The van der Waals surface area contributed by atoms with E-state index in [4.69, 9.17) is 19.6 Å². The molecule has 0 atom stereocenters. The van der Waals surface area contributed by atoms with Crippen molar-refractivity contribution in [2.45, 2.75) is 122 Å². The van der Waals surface area contributed by atoms with Crippen molar-refractivity contribution < 1.29 is 19.1 Å². The molecule has 3 aromatic rings. The lowest BCUT2D eigenvalue weighted by molar-refractivity contribution is -0.124. The van der Waals surface area contributed by atoms with E-state index >= 15 is 0 Å². The van der Waals surface area contributed by atoms with Crippen molar-refractivity contribution in [2.75, 3.05) is 31.6 Å². The summed E-state index contributed by atoms with van der Waals surface area (Å²) < 4.78 is 13.5. The van der Waals surface area contributed by atoms with Gasteiger partial charge in [-0.1, -0.05) is 26.0 Å². The minimum Gasteiger partial charge on any atom is -0.496 e. The van der Waals surface area contributed by atoms with E-state index < -0.39 is 0 Å². The number of benzene rings is 1. The Morgan fingerprint density at radius 1 is 0.980 bits per heavy atom. The number of amides is 2. The normalized spacial score (nSPS) is 26.4. The van der Waals surface area contributed by atoms with E-state index in [0.29, 0.717) is 25.3 Å². The van der Waals surface area contributed by atoms with Gasteiger partial charge in [0.15, 0.2) is 0 Å². The third-order valence-electron chi connectivity index (χ3n) is 13.2. The van der Waals surface area contributed by atoms with Gasteiger partial charge in [-0.2, -0.15) is 5.10 Å². The van der Waals surface area contributed by atoms with Gasteiger partial charge in [0.1, 0.15) is 17.7 Å². The van der Waals surface area contributed by atoms with E-state index in [2.05, 4.69) is 65.1 Å². The zero-order chi connectivity index (χ0) is 36.0. The van der Waals surface area contributed by atoms with Gasteiger partial charge in [-0.3, -0.25) is 14.4 Å². The predicted octanol–water partition coefficient (Wildman–Crippen LogP) is 8.68. The van der Waals surface area contributed by atoms with Gasteiger partial charge in [-0.25, -0.2) is 9.78 Å². The van der Waals surface area contributed by atoms with Crippen LogP contribution in [0.15, 0.2) is 48.9 Å². The summed E-state index contributed by atoms with van der Waals surface area (Å²) in [5.74, 6) is 2.25. The number of aryl methyl sites for hydroxylation is 1. The van der Waals surface area contributed by atoms with E-state index in [1.807, 2.05) is 28.0 Å². The van der Waals surface area contributed by atoms with Gasteiger partial charge in [-0.15, -0.1) is 0 Å². The van der Waals surface area contributed by atoms with Crippen LogP contribution >= 0.6 is 0 Å². The highest BCUT2D eigenvalue weighted by Gasteiger charge is 2.51. The van der Waals surface area contributed by atoms with Crippen molar-refractivity contribution in [1.29, 1.82) is 0 Å². The van der Waals surface area contributed by atoms with Gasteiger partial charge in [0.05, 0.1) is 18.8 Å². The minimum absolute atomic E-state index is 0.0632. The molecule has 9 heteroatoms. The maximum absolute atomic E-state index is 14.7. The number of likely N-dealkylation sites (tertiary alicyclic amines) is 1. The van der Waals surface area contributed by atoms with Gasteiger partial charge in [0.25, 0.3) is 0 Å². The standard InChI is InChI=1S/C42H57N5O4/c1-7-40(4,5)47-27-33(24-44-47)32-14-21-43-37(23-32)46(38(48)31-8-11-35(12-9-31)51-39(49)45-25-29(2)26-45)28-41-15-18-42(19-16-41,20-17-41)34-10-13-36(50-6)30(3)22-34/h10,13-14,21-24,27,29,31,35H,7-9,11-12,15-20,25-26,28H2,1-6H3. The maximum Gasteiger partial charge on any atom is 0.410 e. The third-order valence-corrected chi connectivity index (χ3v) is 13.2. The van der Waals surface area contributed by atoms with E-state index in [1.165, 1.54) is 11.1 Å². The summed E-state index contributed by atoms with van der Waals surface area (Å²) in [7, 11) is 1.74. The number of hydrogen-bond donors (Lipinski definition) is 0. The number of carbonyl (C=O) groups excluding carboxylic acids is 2. The molecule has 9 nitrogen and oxygen atoms in total. The Bertz CT molecular complexity index is 1710. The van der Waals surface area contributed by atoms with Gasteiger partial charge in [0, 0.05) is 43.5 Å². The largest absolute Gasteiger partial charge is 0.496 e. The van der Waals surface area contributed by atoms with Gasteiger partial charge in [0.2, 0.25) is 5.91 Å². The monoisotopic (exact) mass is 695 g/mol. The Balaban J connectivity index is 1.11. The zero-order valence-corrected chi connectivity index (χ0v) is 31.6. The van der Waals surface area contributed by atoms with Gasteiger partial charge >= 0.3 is 6.09 Å². The predicted molar refractivity (Wildman–Crippen MR) is 200 cm³/mol. The number of pyridine rings is 1. The van der Waals surface area contributed by atoms with Crippen molar-refractivity contribution in [3.8, 4) is 16.9 Å². The van der Waals surface area contributed by atoms with E-state index in [-0.39, 0.29) is 40.4 Å². The van der Waals surface area contributed by atoms with Crippen LogP contribution in [0.2, 0.25) is 0 Å². The second kappa shape index (κ2) is 13.9. The number of hydrogen-bond acceptors (Lipinski definition) is 6. The van der Waals surface area contributed by atoms with Crippen LogP contribution in [0.25, 0.3) is 11.1 Å². The number of nitrogens with zero attached hydrogens (tertiary/aromatic N) is 5. The molecule has 4 saturated carbocycles. The van der Waals surface area contributed by atoms with Crippen LogP contribution in [0.5, 0.6) is 5.75 Å². The molecule has 2 amide bonds. The molecule has 0 N–H and O–H groups in total. The first-order valence-corrected chi connectivity index (χ1v) is 19.4. The topological polar surface area (TPSA) is 89.8 Å². The number of aromatic nitrogens is 3. The minimum atomic E-state index is -0.203. The molecule has 274 valence electrons. The summed E-state index contributed by atoms with van der Waals surface area (Å²) in [6, 6.07) is 10.9. The Morgan fingerprint density at radius 3 is 2.31 bits per heavy atom. The average molecular weight is 696 g/mol. The molecular weight excluding hydrogens is 638 g/mol. The number of rotatable bonds is 10. The molecule has 0 spiro atoms. The fraction of sp³-hybridized carbons (Fsp3) is 0.619. The van der Waals surface area contributed by atoms with Crippen LogP contribution in [-0.4, -0.2) is 64.5 Å². The first-order valence-electron chi connectivity index (χ1n) is 19.4. The number of carbonyl (C=O) groups is 2.